The summed E-state index contributed by atoms with van der Waals surface area (Å²) in [5, 5.41) is 9.49. The Kier molecular flexibility index (Phi) is 6.88. The molecule has 9 nitrogen and oxygen atoms in total. The highest BCUT2D eigenvalue weighted by Crippen LogP contribution is 2.45. The van der Waals surface area contributed by atoms with Crippen molar-refractivity contribution in [1.82, 2.24) is 9.88 Å². The first-order valence-corrected chi connectivity index (χ1v) is 13.0. The topological polar surface area (TPSA) is 120 Å². The van der Waals surface area contributed by atoms with Gasteiger partial charge in [-0.15, -0.1) is 0 Å². The predicted octanol–water partition coefficient (Wildman–Crippen LogP) is 4.92. The highest BCUT2D eigenvalue weighted by molar-refractivity contribution is 6.33. The minimum atomic E-state index is -1.13. The van der Waals surface area contributed by atoms with Crippen LogP contribution in [-0.4, -0.2) is 53.6 Å². The standard InChI is InChI=1S/C26H28Cl2N4O5/c1-3-16-10-31-23(35-20-5-4-15(9-29)8-19(20)27)21(28)22(16)36-26(30)17-11-32(12-18(26)14-34-13-17)24(33)37-25(2)6-7-25/h4-5,8,10,17-18H,3,6-7,11-14,30H2,1-2H3. The van der Waals surface area contributed by atoms with Gasteiger partial charge in [0, 0.05) is 24.8 Å². The van der Waals surface area contributed by atoms with Crippen molar-refractivity contribution in [3.63, 3.8) is 0 Å². The molecule has 1 aromatic carbocycles. The van der Waals surface area contributed by atoms with E-state index in [2.05, 4.69) is 4.98 Å². The minimum absolute atomic E-state index is 0.101. The van der Waals surface area contributed by atoms with Crippen LogP contribution in [0.15, 0.2) is 24.4 Å². The molecular weight excluding hydrogens is 519 g/mol. The molecule has 5 rings (SSSR count). The Balaban J connectivity index is 1.40. The first kappa shape index (κ1) is 25.9. The Hall–Kier alpha value is -2.77. The molecule has 2 aliphatic heterocycles. The normalized spacial score (nSPS) is 25.7. The van der Waals surface area contributed by atoms with Crippen molar-refractivity contribution in [2.75, 3.05) is 26.3 Å². The fourth-order valence-corrected chi connectivity index (χ4v) is 5.14. The number of amides is 1. The van der Waals surface area contributed by atoms with Gasteiger partial charge in [-0.3, -0.25) is 5.73 Å². The number of aryl methyl sites for hydroxylation is 1. The van der Waals surface area contributed by atoms with E-state index in [0.717, 1.165) is 18.4 Å². The summed E-state index contributed by atoms with van der Waals surface area (Å²) >= 11 is 13.1. The van der Waals surface area contributed by atoms with E-state index in [9.17, 15) is 4.79 Å². The van der Waals surface area contributed by atoms with Gasteiger partial charge in [-0.25, -0.2) is 9.78 Å². The van der Waals surface area contributed by atoms with Gasteiger partial charge in [0.15, 0.2) is 11.5 Å². The molecule has 2 aromatic rings. The van der Waals surface area contributed by atoms with Gasteiger partial charge < -0.3 is 23.8 Å². The van der Waals surface area contributed by atoms with Gasteiger partial charge in [0.25, 0.3) is 0 Å². The second kappa shape index (κ2) is 9.84. The lowest BCUT2D eigenvalue weighted by molar-refractivity contribution is -0.171. The summed E-state index contributed by atoms with van der Waals surface area (Å²) in [6.45, 7) is 5.26. The van der Waals surface area contributed by atoms with Crippen LogP contribution in [0, 0.1) is 23.2 Å². The maximum atomic E-state index is 12.8. The number of hydrogen-bond donors (Lipinski definition) is 1. The number of fused-ring (bicyclic) bond motifs is 2. The first-order chi connectivity index (χ1) is 17.7. The highest BCUT2D eigenvalue weighted by Gasteiger charge is 2.54. The number of piperidine rings is 1. The molecule has 1 aromatic heterocycles. The molecule has 3 fully saturated rings. The lowest BCUT2D eigenvalue weighted by Crippen LogP contribution is -2.71. The lowest BCUT2D eigenvalue weighted by atomic mass is 9.79. The average molecular weight is 547 g/mol. The van der Waals surface area contributed by atoms with Crippen LogP contribution in [0.4, 0.5) is 4.79 Å². The Morgan fingerprint density at radius 1 is 1.30 bits per heavy atom. The number of benzene rings is 1. The van der Waals surface area contributed by atoms with Gasteiger partial charge in [-0.2, -0.15) is 5.26 Å². The third kappa shape index (κ3) is 5.04. The van der Waals surface area contributed by atoms with Crippen molar-refractivity contribution in [2.24, 2.45) is 17.6 Å². The number of likely N-dealkylation sites (tertiary alicyclic amines) is 1. The summed E-state index contributed by atoms with van der Waals surface area (Å²) in [6.07, 6.45) is 3.66. The third-order valence-corrected chi connectivity index (χ3v) is 7.91. The van der Waals surface area contributed by atoms with E-state index < -0.39 is 5.72 Å². The number of rotatable bonds is 6. The number of nitrogens with zero attached hydrogens (tertiary/aromatic N) is 3. The number of nitrogens with two attached hydrogens (primary N) is 1. The van der Waals surface area contributed by atoms with Crippen LogP contribution < -0.4 is 15.2 Å². The van der Waals surface area contributed by atoms with Gasteiger partial charge in [0.05, 0.1) is 41.7 Å². The van der Waals surface area contributed by atoms with Crippen molar-refractivity contribution in [3.8, 4) is 23.4 Å². The largest absolute Gasteiger partial charge is 0.470 e. The molecule has 3 heterocycles. The van der Waals surface area contributed by atoms with Crippen LogP contribution in [0.1, 0.15) is 37.8 Å². The van der Waals surface area contributed by atoms with E-state index in [1.807, 2.05) is 19.9 Å². The number of carbonyl (C=O) groups excluding carboxylic acids is 1. The summed E-state index contributed by atoms with van der Waals surface area (Å²) in [7, 11) is 0. The molecule has 0 spiro atoms. The Labute approximate surface area is 225 Å². The molecule has 0 radical (unpaired) electrons. The average Bonchev–Trinajstić information content (AvgIpc) is 3.58. The van der Waals surface area contributed by atoms with Gasteiger partial charge in [0.1, 0.15) is 16.4 Å². The zero-order valence-electron chi connectivity index (χ0n) is 20.6. The molecule has 2 saturated heterocycles. The molecule has 37 heavy (non-hydrogen) atoms. The van der Waals surface area contributed by atoms with Gasteiger partial charge in [-0.05, 0) is 44.4 Å². The first-order valence-electron chi connectivity index (χ1n) is 12.2. The fraction of sp³-hybridized carbons (Fsp3) is 0.500. The third-order valence-electron chi connectivity index (χ3n) is 7.29. The molecule has 196 valence electrons. The molecular formula is C26H28Cl2N4O5. The fourth-order valence-electron chi connectivity index (χ4n) is 4.67. The molecule has 2 bridgehead atoms. The van der Waals surface area contributed by atoms with Crippen LogP contribution in [0.2, 0.25) is 10.0 Å². The molecule has 11 heteroatoms. The Bertz CT molecular complexity index is 1250. The van der Waals surface area contributed by atoms with Crippen molar-refractivity contribution in [1.29, 1.82) is 5.26 Å². The molecule has 2 N–H and O–H groups in total. The van der Waals surface area contributed by atoms with Crippen molar-refractivity contribution < 1.29 is 23.7 Å². The monoisotopic (exact) mass is 546 g/mol. The van der Waals surface area contributed by atoms with E-state index in [1.54, 1.807) is 23.2 Å². The number of hydrogen-bond acceptors (Lipinski definition) is 8. The lowest BCUT2D eigenvalue weighted by Gasteiger charge is -2.52. The van der Waals surface area contributed by atoms with Gasteiger partial charge in [-0.1, -0.05) is 30.1 Å². The zero-order valence-corrected chi connectivity index (χ0v) is 22.1. The number of halogens is 2. The van der Waals surface area contributed by atoms with E-state index in [1.165, 1.54) is 6.07 Å². The summed E-state index contributed by atoms with van der Waals surface area (Å²) in [5.41, 5.74) is 6.62. The zero-order chi connectivity index (χ0) is 26.4. The smallest absolute Gasteiger partial charge is 0.410 e. The second-order valence-corrected chi connectivity index (χ2v) is 10.8. The highest BCUT2D eigenvalue weighted by atomic mass is 35.5. The van der Waals surface area contributed by atoms with Crippen LogP contribution in [0.3, 0.4) is 0 Å². The second-order valence-electron chi connectivity index (χ2n) is 10.1. The summed E-state index contributed by atoms with van der Waals surface area (Å²) in [5.74, 6) is 0.176. The van der Waals surface area contributed by atoms with Crippen LogP contribution in [-0.2, 0) is 15.9 Å². The quantitative estimate of drug-likeness (QED) is 0.507. The number of aromatic nitrogens is 1. The summed E-state index contributed by atoms with van der Waals surface area (Å²) in [6, 6.07) is 6.70. The molecule has 1 aliphatic carbocycles. The molecule has 2 atom stereocenters. The number of nitriles is 1. The predicted molar refractivity (Wildman–Crippen MR) is 136 cm³/mol. The van der Waals surface area contributed by atoms with Crippen molar-refractivity contribution in [3.05, 3.63) is 45.6 Å². The van der Waals surface area contributed by atoms with E-state index >= 15 is 0 Å². The SMILES string of the molecule is CCc1cnc(Oc2ccc(C#N)cc2Cl)c(Cl)c1OC1(N)C2COCC1CN(C(=O)OC1(C)CC1)C2. The molecule has 1 amide bonds. The van der Waals surface area contributed by atoms with Crippen LogP contribution >= 0.6 is 23.2 Å². The number of ether oxygens (including phenoxy) is 4. The number of carbonyl (C=O) groups is 1. The Morgan fingerprint density at radius 2 is 2.00 bits per heavy atom. The van der Waals surface area contributed by atoms with Crippen LogP contribution in [0.5, 0.6) is 17.4 Å². The maximum absolute atomic E-state index is 12.8. The molecule has 2 unspecified atom stereocenters. The maximum Gasteiger partial charge on any atom is 0.410 e. The molecule has 3 aliphatic rings. The van der Waals surface area contributed by atoms with Crippen molar-refractivity contribution in [2.45, 2.75) is 44.4 Å². The van der Waals surface area contributed by atoms with Crippen molar-refractivity contribution >= 4 is 29.3 Å². The van der Waals surface area contributed by atoms with Crippen LogP contribution in [0.25, 0.3) is 0 Å². The van der Waals surface area contributed by atoms with Gasteiger partial charge in [0.2, 0.25) is 5.88 Å². The molecule has 1 saturated carbocycles. The van der Waals surface area contributed by atoms with E-state index in [-0.39, 0.29) is 39.5 Å². The Morgan fingerprint density at radius 3 is 2.59 bits per heavy atom. The van der Waals surface area contributed by atoms with E-state index in [4.69, 9.17) is 53.1 Å². The summed E-state index contributed by atoms with van der Waals surface area (Å²) in [4.78, 5) is 18.9. The number of pyridine rings is 1. The summed E-state index contributed by atoms with van der Waals surface area (Å²) < 4.78 is 23.9. The van der Waals surface area contributed by atoms with E-state index in [0.29, 0.717) is 49.8 Å². The minimum Gasteiger partial charge on any atom is -0.470 e. The van der Waals surface area contributed by atoms with Gasteiger partial charge >= 0.3 is 6.09 Å².